The molecule has 34 heteroatoms. The van der Waals surface area contributed by atoms with Gasteiger partial charge in [-0.1, -0.05) is 0 Å². The number of phenols is 18. The highest BCUT2D eigenvalue weighted by Gasteiger charge is 2.56. The molecule has 3 aliphatic heterocycles. The molecule has 5 atom stereocenters. The van der Waals surface area contributed by atoms with Gasteiger partial charge in [-0.3, -0.25) is 0 Å². The maximum atomic E-state index is 14.8. The van der Waals surface area contributed by atoms with Crippen molar-refractivity contribution in [3.63, 3.8) is 0 Å². The summed E-state index contributed by atoms with van der Waals surface area (Å²) < 4.78 is 50.3. The van der Waals surface area contributed by atoms with Gasteiger partial charge >= 0.3 is 41.1 Å². The summed E-state index contributed by atoms with van der Waals surface area (Å²) in [6.45, 7) is -1.39. The maximum absolute atomic E-state index is 14.8. The second kappa shape index (κ2) is 19.5. The highest BCUT2D eigenvalue weighted by atomic mass is 16.7. The number of aromatic hydroxyl groups is 18. The van der Waals surface area contributed by atoms with Gasteiger partial charge in [0.1, 0.15) is 18.1 Å². The van der Waals surface area contributed by atoms with E-state index in [2.05, 4.69) is 0 Å². The van der Waals surface area contributed by atoms with Crippen LogP contribution in [0.2, 0.25) is 0 Å². The summed E-state index contributed by atoms with van der Waals surface area (Å²) in [5, 5.41) is 193. The van der Waals surface area contributed by atoms with Crippen molar-refractivity contribution in [2.45, 2.75) is 30.7 Å². The van der Waals surface area contributed by atoms with Crippen LogP contribution < -0.4 is 16.0 Å². The quantitative estimate of drug-likeness (QED) is 0.0395. The van der Waals surface area contributed by atoms with Crippen molar-refractivity contribution in [2.75, 3.05) is 6.61 Å². The number of ether oxygens (including phenoxy) is 7. The van der Waals surface area contributed by atoms with Gasteiger partial charge in [-0.05, 0) is 42.5 Å². The van der Waals surface area contributed by atoms with Crippen LogP contribution in [0.3, 0.4) is 0 Å². The molecule has 7 aromatic carbocycles. The monoisotopic (exact) mass is 1240 g/mol. The number of carbonyl (C=O) groups is 5. The Morgan fingerprint density at radius 3 is 1.34 bits per heavy atom. The Balaban J connectivity index is 1.02. The lowest BCUT2D eigenvalue weighted by Crippen LogP contribution is -2.63. The van der Waals surface area contributed by atoms with Crippen molar-refractivity contribution < 1.29 is 158 Å². The van der Waals surface area contributed by atoms with E-state index in [-0.39, 0.29) is 0 Å². The molecule has 1 fully saturated rings. The smallest absolute Gasteiger partial charge is 0.348 e. The molecule has 0 amide bonds. The van der Waals surface area contributed by atoms with E-state index < -0.39 is 276 Å². The molecule has 5 unspecified atom stereocenters. The highest BCUT2D eigenvalue weighted by molar-refractivity contribution is 6.24. The fraction of sp³-hybridized carbons (Fsp3) is 0.109. The largest absolute Gasteiger partial charge is 0.504 e. The molecule has 34 nitrogen and oxygen atoms in total. The van der Waals surface area contributed by atoms with E-state index in [1.807, 2.05) is 0 Å². The van der Waals surface area contributed by atoms with Crippen molar-refractivity contribution in [2.24, 2.45) is 0 Å². The van der Waals surface area contributed by atoms with Gasteiger partial charge < -0.3 is 134 Å². The summed E-state index contributed by atoms with van der Waals surface area (Å²) in [7, 11) is 0. The Morgan fingerprint density at radius 2 is 0.831 bits per heavy atom. The van der Waals surface area contributed by atoms with E-state index in [4.69, 9.17) is 42.0 Å². The highest BCUT2D eigenvalue weighted by Crippen LogP contribution is 2.57. The Hall–Kier alpha value is -13.0. The molecule has 9 aromatic rings. The van der Waals surface area contributed by atoms with Crippen molar-refractivity contribution in [3.8, 4) is 137 Å². The third-order valence-electron chi connectivity index (χ3n) is 14.5. The zero-order valence-corrected chi connectivity index (χ0v) is 43.2. The standard InChI is InChI=1S/C55H32O34/c56-15-1-9(2-21(30(15)62)82-45-29-28-27-14(53(79)85-44(28)40(72)41(45)73)7-20(61)35(67)43(27)86-54(29)80)48(74)89-55-47-46(87-51(77)12-5-18(59)33(65)38(70)25(12)26-13(52(78)88-47)6-19(60)34(66)39(26)71)42-22(83-55)8-81-49(75)10-3-16(57)31(63)36(68)23(10)24-11(50(76)84-42)4-17(58)32(64)37(24)69/h1-7,22,42,46-47,55-73H,8H2. The fourth-order valence-electron chi connectivity index (χ4n) is 10.4. The molecule has 0 aliphatic carbocycles. The lowest BCUT2D eigenvalue weighted by atomic mass is 9.91. The Labute approximate surface area is 485 Å². The number of benzene rings is 7. The topological polar surface area (TPSA) is 575 Å². The predicted octanol–water partition coefficient (Wildman–Crippen LogP) is 3.36. The van der Waals surface area contributed by atoms with E-state index in [0.29, 0.717) is 42.5 Å². The number of esters is 5. The fourth-order valence-corrected chi connectivity index (χ4v) is 10.4. The zero-order valence-electron chi connectivity index (χ0n) is 43.2. The molecule has 0 saturated carbocycles. The second-order valence-corrected chi connectivity index (χ2v) is 19.5. The lowest BCUT2D eigenvalue weighted by molar-refractivity contribution is -0.282. The van der Waals surface area contributed by atoms with Crippen molar-refractivity contribution in [1.82, 2.24) is 0 Å². The van der Waals surface area contributed by atoms with Gasteiger partial charge in [-0.25, -0.2) is 33.6 Å². The maximum Gasteiger partial charge on any atom is 0.348 e. The summed E-state index contributed by atoms with van der Waals surface area (Å²) in [5.74, 6) is -36.3. The van der Waals surface area contributed by atoms with Gasteiger partial charge in [-0.15, -0.1) is 0 Å². The molecule has 0 bridgehead atoms. The van der Waals surface area contributed by atoms with E-state index in [1.165, 1.54) is 0 Å². The van der Waals surface area contributed by atoms with Crippen molar-refractivity contribution in [3.05, 3.63) is 91.1 Å². The first kappa shape index (κ1) is 56.5. The first-order chi connectivity index (χ1) is 42.0. The third kappa shape index (κ3) is 8.26. The lowest BCUT2D eigenvalue weighted by Gasteiger charge is -2.44. The molecule has 89 heavy (non-hydrogen) atoms. The van der Waals surface area contributed by atoms with Crippen LogP contribution in [0.4, 0.5) is 0 Å². The van der Waals surface area contributed by atoms with Gasteiger partial charge in [0.25, 0.3) is 0 Å². The number of fused-ring (bicyclic) bond motifs is 9. The summed E-state index contributed by atoms with van der Waals surface area (Å²) in [6, 6.07) is 3.08. The van der Waals surface area contributed by atoms with Crippen LogP contribution in [0.15, 0.2) is 60.9 Å². The van der Waals surface area contributed by atoms with Crippen LogP contribution in [0.1, 0.15) is 51.8 Å². The summed E-state index contributed by atoms with van der Waals surface area (Å²) in [4.78, 5) is 99.8. The molecule has 2 aromatic heterocycles. The summed E-state index contributed by atoms with van der Waals surface area (Å²) in [6.07, 6.45) is -13.1. The van der Waals surface area contributed by atoms with Crippen LogP contribution in [0.5, 0.6) is 115 Å². The van der Waals surface area contributed by atoms with E-state index in [0.717, 1.165) is 0 Å². The number of rotatable bonds is 4. The number of carbonyl (C=O) groups excluding carboxylic acids is 5. The molecular weight excluding hydrogens is 1200 g/mol. The number of hydrogen-bond donors (Lipinski definition) is 18. The minimum absolute atomic E-state index is 0.351. The Kier molecular flexibility index (Phi) is 12.4. The number of phenolic OH excluding ortho intramolecular Hbond substituents is 18. The van der Waals surface area contributed by atoms with E-state index in [9.17, 15) is 125 Å². The van der Waals surface area contributed by atoms with Gasteiger partial charge in [-0.2, -0.15) is 0 Å². The van der Waals surface area contributed by atoms with E-state index in [1.54, 1.807) is 0 Å². The molecule has 1 saturated heterocycles. The molecule has 3 aliphatic rings. The minimum Gasteiger partial charge on any atom is -0.504 e. The number of cyclic esters (lactones) is 1. The number of hydrogen-bond acceptors (Lipinski definition) is 34. The van der Waals surface area contributed by atoms with E-state index >= 15 is 0 Å². The van der Waals surface area contributed by atoms with Gasteiger partial charge in [0, 0.05) is 27.6 Å². The first-order valence-electron chi connectivity index (χ1n) is 24.7. The van der Waals surface area contributed by atoms with Crippen LogP contribution >= 0.6 is 0 Å². The van der Waals surface area contributed by atoms with Gasteiger partial charge in [0.05, 0.1) is 38.6 Å². The summed E-state index contributed by atoms with van der Waals surface area (Å²) >= 11 is 0. The van der Waals surface area contributed by atoms with Crippen LogP contribution in [0.25, 0.3) is 55.0 Å². The first-order valence-corrected chi connectivity index (χ1v) is 24.7. The molecule has 5 heterocycles. The predicted molar refractivity (Wildman–Crippen MR) is 279 cm³/mol. The molecule has 456 valence electrons. The van der Waals surface area contributed by atoms with Gasteiger partial charge in [0.2, 0.25) is 58.4 Å². The van der Waals surface area contributed by atoms with Crippen molar-refractivity contribution in [1.29, 1.82) is 0 Å². The molecular formula is C55H32O34. The third-order valence-corrected chi connectivity index (χ3v) is 14.5. The molecule has 12 rings (SSSR count). The second-order valence-electron chi connectivity index (χ2n) is 19.5. The average Bonchev–Trinajstić information content (AvgIpc) is 0.886. The van der Waals surface area contributed by atoms with Crippen LogP contribution in [-0.2, 0) is 28.4 Å². The SMILES string of the molecule is O=C(OC1OC2COC(=O)c3cc(O)c(O)c(O)c3-c3c(cc(O)c(O)c3O)C(=O)OC2C2OC(=O)c3cc(O)c(O)c(O)c3-c3c(cc(O)c(O)c3O)C(=O)OC12)c1cc(O)c(O)c(Oc2c(O)c(O)c3oc(=O)c4cc(O)c(O)c5oc(=O)c2c3c54)c1. The molecule has 0 radical (unpaired) electrons. The zero-order chi connectivity index (χ0) is 64.2. The van der Waals surface area contributed by atoms with Gasteiger partial charge in [0.15, 0.2) is 92.4 Å². The minimum atomic E-state index is -2.76. The molecule has 18 N–H and O–H groups in total. The Bertz CT molecular complexity index is 4860. The summed E-state index contributed by atoms with van der Waals surface area (Å²) in [5.41, 5.74) is -14.9. The van der Waals surface area contributed by atoms with Crippen LogP contribution in [-0.4, -0.2) is 159 Å². The van der Waals surface area contributed by atoms with Crippen molar-refractivity contribution >= 4 is 62.6 Å². The Morgan fingerprint density at radius 1 is 0.404 bits per heavy atom. The average molecular weight is 1240 g/mol. The van der Waals surface area contributed by atoms with Crippen LogP contribution in [0, 0.1) is 0 Å². The normalized spacial score (nSPS) is 18.2. The molecule has 0 spiro atoms.